The van der Waals surface area contributed by atoms with E-state index in [0.29, 0.717) is 17.3 Å². The molecular weight excluding hydrogens is 470 g/mol. The number of nitrogens with zero attached hydrogens (tertiary/aromatic N) is 3. The van der Waals surface area contributed by atoms with Gasteiger partial charge in [0.2, 0.25) is 10.0 Å². The summed E-state index contributed by atoms with van der Waals surface area (Å²) >= 11 is 6.26. The van der Waals surface area contributed by atoms with E-state index in [-0.39, 0.29) is 22.3 Å². The molecule has 2 aromatic rings. The number of rotatable bonds is 9. The Labute approximate surface area is 208 Å². The molecule has 0 radical (unpaired) electrons. The average molecular weight is 502 g/mol. The number of sulfonamides is 1. The van der Waals surface area contributed by atoms with E-state index in [1.54, 1.807) is 22.5 Å². The van der Waals surface area contributed by atoms with Gasteiger partial charge in [0.15, 0.2) is 0 Å². The van der Waals surface area contributed by atoms with Crippen LogP contribution in [-0.2, 0) is 16.4 Å². The van der Waals surface area contributed by atoms with Crippen LogP contribution in [0.25, 0.3) is 0 Å². The number of aryl methyl sites for hydroxylation is 1. The first-order valence-corrected chi connectivity index (χ1v) is 14.0. The summed E-state index contributed by atoms with van der Waals surface area (Å²) in [6.45, 7) is 5.22. The van der Waals surface area contributed by atoms with Crippen LogP contribution in [0.15, 0.2) is 41.3 Å². The van der Waals surface area contributed by atoms with Gasteiger partial charge in [-0.2, -0.15) is 9.57 Å². The quantitative estimate of drug-likeness (QED) is 0.447. The third-order valence-electron chi connectivity index (χ3n) is 6.79. The number of hydrogen-bond acceptors (Lipinski definition) is 5. The largest absolute Gasteiger partial charge is 0.456 e. The van der Waals surface area contributed by atoms with Gasteiger partial charge in [0, 0.05) is 24.2 Å². The molecule has 0 amide bonds. The lowest BCUT2D eigenvalue weighted by Crippen LogP contribution is -2.43. The molecule has 0 spiro atoms. The number of halogens is 1. The van der Waals surface area contributed by atoms with Crippen molar-refractivity contribution in [3.63, 3.8) is 0 Å². The van der Waals surface area contributed by atoms with Gasteiger partial charge in [-0.05, 0) is 87.2 Å². The number of benzene rings is 2. The first-order valence-electron chi connectivity index (χ1n) is 12.2. The molecule has 1 heterocycles. The van der Waals surface area contributed by atoms with Crippen LogP contribution >= 0.6 is 11.6 Å². The predicted octanol–water partition coefficient (Wildman–Crippen LogP) is 5.60. The van der Waals surface area contributed by atoms with Crippen LogP contribution in [0.5, 0.6) is 11.5 Å². The molecule has 34 heavy (non-hydrogen) atoms. The van der Waals surface area contributed by atoms with E-state index in [0.717, 1.165) is 70.1 Å². The Kier molecular flexibility index (Phi) is 8.15. The van der Waals surface area contributed by atoms with Crippen LogP contribution in [0.1, 0.15) is 56.6 Å². The predicted molar refractivity (Wildman–Crippen MR) is 134 cm³/mol. The fourth-order valence-electron chi connectivity index (χ4n) is 4.94. The van der Waals surface area contributed by atoms with Gasteiger partial charge in [-0.25, -0.2) is 8.42 Å². The van der Waals surface area contributed by atoms with E-state index in [1.807, 2.05) is 19.1 Å². The van der Waals surface area contributed by atoms with Crippen molar-refractivity contribution in [3.8, 4) is 17.6 Å². The number of nitriles is 1. The minimum Gasteiger partial charge on any atom is -0.456 e. The molecule has 2 aliphatic rings. The minimum absolute atomic E-state index is 0.0240. The van der Waals surface area contributed by atoms with Crippen LogP contribution in [0, 0.1) is 11.3 Å². The second-order valence-electron chi connectivity index (χ2n) is 9.13. The third-order valence-corrected chi connectivity index (χ3v) is 8.99. The van der Waals surface area contributed by atoms with E-state index >= 15 is 0 Å². The van der Waals surface area contributed by atoms with Gasteiger partial charge in [-0.15, -0.1) is 0 Å². The first-order chi connectivity index (χ1) is 16.4. The van der Waals surface area contributed by atoms with Gasteiger partial charge in [0.1, 0.15) is 16.4 Å². The Morgan fingerprint density at radius 3 is 2.53 bits per heavy atom. The highest BCUT2D eigenvalue weighted by Crippen LogP contribution is 2.36. The normalized spacial score (nSPS) is 17.4. The second kappa shape index (κ2) is 11.1. The van der Waals surface area contributed by atoms with Crippen LogP contribution in [0.3, 0.4) is 0 Å². The average Bonchev–Trinajstić information content (AvgIpc) is 3.53. The molecule has 0 bridgehead atoms. The van der Waals surface area contributed by atoms with Crippen LogP contribution in [0.2, 0.25) is 5.02 Å². The summed E-state index contributed by atoms with van der Waals surface area (Å²) in [5.74, 6) is 0.697. The molecule has 1 aliphatic heterocycles. The first kappa shape index (κ1) is 25.0. The zero-order valence-electron chi connectivity index (χ0n) is 19.7. The highest BCUT2D eigenvalue weighted by molar-refractivity contribution is 7.89. The van der Waals surface area contributed by atoms with Gasteiger partial charge >= 0.3 is 0 Å². The van der Waals surface area contributed by atoms with Gasteiger partial charge in [0.25, 0.3) is 0 Å². The molecule has 0 atom stereocenters. The summed E-state index contributed by atoms with van der Waals surface area (Å²) < 4.78 is 35.9. The smallest absolute Gasteiger partial charge is 0.247 e. The van der Waals surface area contributed by atoms with Gasteiger partial charge in [-0.3, -0.25) is 0 Å². The molecule has 2 fully saturated rings. The Hall–Kier alpha value is -2.11. The van der Waals surface area contributed by atoms with Crippen molar-refractivity contribution >= 4 is 21.6 Å². The van der Waals surface area contributed by atoms with Crippen molar-refractivity contribution in [2.24, 2.45) is 0 Å². The molecule has 182 valence electrons. The van der Waals surface area contributed by atoms with Crippen molar-refractivity contribution in [2.75, 3.05) is 26.2 Å². The molecule has 8 heteroatoms. The number of likely N-dealkylation sites (tertiary alicyclic amines) is 1. The van der Waals surface area contributed by atoms with E-state index < -0.39 is 10.0 Å². The van der Waals surface area contributed by atoms with Crippen molar-refractivity contribution < 1.29 is 13.2 Å². The Morgan fingerprint density at radius 2 is 1.85 bits per heavy atom. The number of ether oxygens (including phenoxy) is 1. The van der Waals surface area contributed by atoms with E-state index in [1.165, 1.54) is 6.07 Å². The SMILES string of the molecule is CCc1cc(Cl)cc(Oc2ccc(C#N)cc2S(=O)(=O)N(CCN2CCCC2)C2CCCC2)c1. The summed E-state index contributed by atoms with van der Waals surface area (Å²) in [5, 5.41) is 10.0. The van der Waals surface area contributed by atoms with Crippen LogP contribution in [-0.4, -0.2) is 49.8 Å². The zero-order chi connectivity index (χ0) is 24.1. The van der Waals surface area contributed by atoms with Crippen molar-refractivity contribution in [3.05, 3.63) is 52.5 Å². The zero-order valence-corrected chi connectivity index (χ0v) is 21.2. The minimum atomic E-state index is -3.89. The molecule has 6 nitrogen and oxygen atoms in total. The summed E-state index contributed by atoms with van der Waals surface area (Å²) in [7, 11) is -3.89. The van der Waals surface area contributed by atoms with Gasteiger partial charge < -0.3 is 9.64 Å². The highest BCUT2D eigenvalue weighted by atomic mass is 35.5. The Morgan fingerprint density at radius 1 is 1.12 bits per heavy atom. The summed E-state index contributed by atoms with van der Waals surface area (Å²) in [5.41, 5.74) is 1.29. The molecule has 0 N–H and O–H groups in total. The Balaban J connectivity index is 1.70. The van der Waals surface area contributed by atoms with E-state index in [2.05, 4.69) is 11.0 Å². The molecular formula is C26H32ClN3O3S. The maximum Gasteiger partial charge on any atom is 0.247 e. The monoisotopic (exact) mass is 501 g/mol. The standard InChI is InChI=1S/C26H32ClN3O3S/c1-2-20-15-22(27)18-24(16-20)33-25-10-9-21(19-28)17-26(25)34(31,32)30(23-7-3-4-8-23)14-13-29-11-5-6-12-29/h9-10,15-18,23H,2-8,11-14H2,1H3. The van der Waals surface area contributed by atoms with Crippen LogP contribution < -0.4 is 4.74 Å². The third kappa shape index (κ3) is 5.75. The summed E-state index contributed by atoms with van der Waals surface area (Å²) in [6, 6.07) is 12.1. The Bertz CT molecular complexity index is 1150. The van der Waals surface area contributed by atoms with Gasteiger partial charge in [0.05, 0.1) is 11.6 Å². The van der Waals surface area contributed by atoms with E-state index in [9.17, 15) is 13.7 Å². The molecule has 4 rings (SSSR count). The lowest BCUT2D eigenvalue weighted by molar-refractivity contribution is 0.259. The molecule has 1 aliphatic carbocycles. The topological polar surface area (TPSA) is 73.6 Å². The maximum atomic E-state index is 14.1. The van der Waals surface area contributed by atoms with Crippen molar-refractivity contribution in [1.82, 2.24) is 9.21 Å². The second-order valence-corrected chi connectivity index (χ2v) is 11.4. The molecule has 0 unspecified atom stereocenters. The van der Waals surface area contributed by atoms with Crippen LogP contribution in [0.4, 0.5) is 0 Å². The van der Waals surface area contributed by atoms with E-state index in [4.69, 9.17) is 16.3 Å². The van der Waals surface area contributed by atoms with Crippen molar-refractivity contribution in [1.29, 1.82) is 5.26 Å². The summed E-state index contributed by atoms with van der Waals surface area (Å²) in [4.78, 5) is 2.37. The lowest BCUT2D eigenvalue weighted by Gasteiger charge is -2.30. The fraction of sp³-hybridized carbons (Fsp3) is 0.500. The van der Waals surface area contributed by atoms with Crippen molar-refractivity contribution in [2.45, 2.75) is 62.8 Å². The fourth-order valence-corrected chi connectivity index (χ4v) is 7.00. The molecule has 1 saturated carbocycles. The molecule has 1 saturated heterocycles. The van der Waals surface area contributed by atoms with Gasteiger partial charge in [-0.1, -0.05) is 31.4 Å². The maximum absolute atomic E-state index is 14.1. The highest BCUT2D eigenvalue weighted by Gasteiger charge is 2.35. The molecule has 2 aromatic carbocycles. The summed E-state index contributed by atoms with van der Waals surface area (Å²) in [6.07, 6.45) is 6.90. The lowest BCUT2D eigenvalue weighted by atomic mass is 10.1. The number of hydrogen-bond donors (Lipinski definition) is 0. The molecule has 0 aromatic heterocycles.